The highest BCUT2D eigenvalue weighted by Crippen LogP contribution is 2.39. The number of carbonyl (C=O) groups excluding carboxylic acids is 1. The third-order valence-electron chi connectivity index (χ3n) is 2.79. The zero-order chi connectivity index (χ0) is 12.5. The first-order valence-corrected chi connectivity index (χ1v) is 5.73. The number of rotatable bonds is 3. The Morgan fingerprint density at radius 2 is 2.11 bits per heavy atom. The van der Waals surface area contributed by atoms with Gasteiger partial charge >= 0.3 is 6.01 Å². The Hall–Kier alpha value is -2.37. The first-order valence-electron chi connectivity index (χ1n) is 5.73. The Morgan fingerprint density at radius 1 is 1.33 bits per heavy atom. The molecule has 1 heterocycles. The normalized spacial score (nSPS) is 14.4. The van der Waals surface area contributed by atoms with Gasteiger partial charge in [0.25, 0.3) is 5.91 Å². The monoisotopic (exact) mass is 244 g/mol. The molecule has 1 aromatic carbocycles. The summed E-state index contributed by atoms with van der Waals surface area (Å²) in [6.07, 6.45) is 2.14. The van der Waals surface area contributed by atoms with Gasteiger partial charge in [0.15, 0.2) is 0 Å². The van der Waals surface area contributed by atoms with Gasteiger partial charge in [0.05, 0.1) is 5.56 Å². The molecule has 3 N–H and O–H groups in total. The number of nitrogens with one attached hydrogen (secondary N) is 1. The number of amides is 1. The lowest BCUT2D eigenvalue weighted by Crippen LogP contribution is -2.14. The molecule has 2 aromatic rings. The fourth-order valence-electron chi connectivity index (χ4n) is 1.65. The van der Waals surface area contributed by atoms with E-state index in [2.05, 4.69) is 15.5 Å². The molecular formula is C12H12N4O2. The highest BCUT2D eigenvalue weighted by Gasteiger charge is 2.29. The van der Waals surface area contributed by atoms with Crippen LogP contribution in [0.15, 0.2) is 28.7 Å². The van der Waals surface area contributed by atoms with Crippen molar-refractivity contribution in [3.05, 3.63) is 35.7 Å². The van der Waals surface area contributed by atoms with E-state index in [9.17, 15) is 4.79 Å². The van der Waals surface area contributed by atoms with Gasteiger partial charge in [-0.15, -0.1) is 5.10 Å². The lowest BCUT2D eigenvalue weighted by Gasteiger charge is -2.03. The largest absolute Gasteiger partial charge is 0.408 e. The summed E-state index contributed by atoms with van der Waals surface area (Å²) >= 11 is 0. The van der Waals surface area contributed by atoms with Crippen LogP contribution in [0.5, 0.6) is 0 Å². The van der Waals surface area contributed by atoms with E-state index >= 15 is 0 Å². The van der Waals surface area contributed by atoms with Gasteiger partial charge in [-0.3, -0.25) is 10.1 Å². The molecule has 18 heavy (non-hydrogen) atoms. The van der Waals surface area contributed by atoms with Crippen molar-refractivity contribution in [1.29, 1.82) is 0 Å². The van der Waals surface area contributed by atoms with Crippen molar-refractivity contribution in [2.24, 2.45) is 0 Å². The van der Waals surface area contributed by atoms with Gasteiger partial charge in [-0.25, -0.2) is 0 Å². The number of carbonyl (C=O) groups is 1. The van der Waals surface area contributed by atoms with Crippen LogP contribution in [0.3, 0.4) is 0 Å². The number of benzene rings is 1. The summed E-state index contributed by atoms with van der Waals surface area (Å²) in [5.41, 5.74) is 6.52. The minimum atomic E-state index is -0.348. The first kappa shape index (κ1) is 10.8. The van der Waals surface area contributed by atoms with E-state index in [1.165, 1.54) is 0 Å². The van der Waals surface area contributed by atoms with E-state index in [0.29, 0.717) is 23.1 Å². The molecule has 0 unspecified atom stereocenters. The van der Waals surface area contributed by atoms with E-state index < -0.39 is 0 Å². The Morgan fingerprint density at radius 3 is 2.83 bits per heavy atom. The van der Waals surface area contributed by atoms with E-state index in [4.69, 9.17) is 10.2 Å². The molecule has 6 nitrogen and oxygen atoms in total. The average Bonchev–Trinajstić information content (AvgIpc) is 3.11. The van der Waals surface area contributed by atoms with Crippen LogP contribution in [-0.2, 0) is 0 Å². The molecule has 1 amide bonds. The zero-order valence-electron chi connectivity index (χ0n) is 9.59. The molecule has 0 radical (unpaired) electrons. The fourth-order valence-corrected chi connectivity index (χ4v) is 1.65. The standard InChI is InChI=1S/C12H12N4O2/c13-9-4-2-1-3-8(9)10(17)14-12-16-15-11(18-12)7-5-6-7/h1-4,7H,5-6,13H2,(H,14,16,17). The topological polar surface area (TPSA) is 94.0 Å². The maximum absolute atomic E-state index is 11.9. The van der Waals surface area contributed by atoms with Crippen LogP contribution < -0.4 is 11.1 Å². The zero-order valence-corrected chi connectivity index (χ0v) is 9.59. The number of para-hydroxylation sites is 1. The number of nitrogens with two attached hydrogens (primary N) is 1. The van der Waals surface area contributed by atoms with Crippen LogP contribution in [0.25, 0.3) is 0 Å². The van der Waals surface area contributed by atoms with Crippen molar-refractivity contribution in [2.75, 3.05) is 11.1 Å². The predicted molar refractivity (Wildman–Crippen MR) is 65.1 cm³/mol. The number of aromatic nitrogens is 2. The third-order valence-corrected chi connectivity index (χ3v) is 2.79. The summed E-state index contributed by atoms with van der Waals surface area (Å²) in [6.45, 7) is 0. The molecular weight excluding hydrogens is 232 g/mol. The number of hydrogen-bond donors (Lipinski definition) is 2. The molecule has 1 aliphatic carbocycles. The summed E-state index contributed by atoms with van der Waals surface area (Å²) in [7, 11) is 0. The quantitative estimate of drug-likeness (QED) is 0.802. The van der Waals surface area contributed by atoms with Gasteiger partial charge in [0.1, 0.15) is 0 Å². The Labute approximate surface area is 103 Å². The lowest BCUT2D eigenvalue weighted by molar-refractivity contribution is 0.102. The second-order valence-corrected chi connectivity index (χ2v) is 4.26. The van der Waals surface area contributed by atoms with Crippen molar-refractivity contribution in [3.8, 4) is 0 Å². The van der Waals surface area contributed by atoms with Crippen LogP contribution in [0.2, 0.25) is 0 Å². The lowest BCUT2D eigenvalue weighted by atomic mass is 10.2. The minimum Gasteiger partial charge on any atom is -0.408 e. The van der Waals surface area contributed by atoms with Crippen LogP contribution >= 0.6 is 0 Å². The molecule has 0 spiro atoms. The highest BCUT2D eigenvalue weighted by molar-refractivity contribution is 6.06. The Kier molecular flexibility index (Phi) is 2.47. The first-order chi connectivity index (χ1) is 8.74. The van der Waals surface area contributed by atoms with Crippen LogP contribution in [0.1, 0.15) is 35.0 Å². The van der Waals surface area contributed by atoms with E-state index in [1.54, 1.807) is 24.3 Å². The van der Waals surface area contributed by atoms with Crippen LogP contribution in [0.4, 0.5) is 11.7 Å². The Bertz CT molecular complexity index is 589. The molecule has 0 saturated heterocycles. The molecule has 3 rings (SSSR count). The second-order valence-electron chi connectivity index (χ2n) is 4.26. The van der Waals surface area contributed by atoms with Gasteiger partial charge in [0.2, 0.25) is 5.89 Å². The van der Waals surface area contributed by atoms with Crippen molar-refractivity contribution in [2.45, 2.75) is 18.8 Å². The SMILES string of the molecule is Nc1ccccc1C(=O)Nc1nnc(C2CC2)o1. The molecule has 0 bridgehead atoms. The summed E-state index contributed by atoms with van der Waals surface area (Å²) < 4.78 is 5.34. The van der Waals surface area contributed by atoms with E-state index in [1.807, 2.05) is 0 Å². The molecule has 6 heteroatoms. The van der Waals surface area contributed by atoms with Crippen molar-refractivity contribution in [3.63, 3.8) is 0 Å². The van der Waals surface area contributed by atoms with E-state index in [0.717, 1.165) is 12.8 Å². The van der Waals surface area contributed by atoms with Crippen LogP contribution in [0, 0.1) is 0 Å². The molecule has 92 valence electrons. The summed E-state index contributed by atoms with van der Waals surface area (Å²) in [5, 5.41) is 10.2. The van der Waals surface area contributed by atoms with Crippen LogP contribution in [-0.4, -0.2) is 16.1 Å². The molecule has 0 atom stereocenters. The molecule has 1 saturated carbocycles. The van der Waals surface area contributed by atoms with Gasteiger partial charge in [-0.1, -0.05) is 17.2 Å². The van der Waals surface area contributed by atoms with E-state index in [-0.39, 0.29) is 11.9 Å². The Balaban J connectivity index is 1.75. The second kappa shape index (κ2) is 4.14. The number of anilines is 2. The molecule has 0 aliphatic heterocycles. The van der Waals surface area contributed by atoms with Gasteiger partial charge < -0.3 is 10.2 Å². The number of hydrogen-bond acceptors (Lipinski definition) is 5. The number of nitrogen functional groups attached to an aromatic ring is 1. The molecule has 1 fully saturated rings. The summed E-state index contributed by atoms with van der Waals surface area (Å²) in [5.74, 6) is 0.607. The predicted octanol–water partition coefficient (Wildman–Crippen LogP) is 1.78. The average molecular weight is 244 g/mol. The highest BCUT2D eigenvalue weighted by atomic mass is 16.4. The summed E-state index contributed by atoms with van der Waals surface area (Å²) in [6, 6.07) is 6.94. The molecule has 1 aliphatic rings. The smallest absolute Gasteiger partial charge is 0.322 e. The maximum Gasteiger partial charge on any atom is 0.322 e. The third kappa shape index (κ3) is 2.04. The van der Waals surface area contributed by atoms with Gasteiger partial charge in [-0.05, 0) is 25.0 Å². The maximum atomic E-state index is 11.9. The van der Waals surface area contributed by atoms with Crippen molar-refractivity contribution in [1.82, 2.24) is 10.2 Å². The molecule has 1 aromatic heterocycles. The van der Waals surface area contributed by atoms with Gasteiger partial charge in [-0.2, -0.15) is 0 Å². The van der Waals surface area contributed by atoms with Crippen molar-refractivity contribution >= 4 is 17.6 Å². The number of nitrogens with zero attached hydrogens (tertiary/aromatic N) is 2. The van der Waals surface area contributed by atoms with Gasteiger partial charge in [0, 0.05) is 11.6 Å². The van der Waals surface area contributed by atoms with Crippen molar-refractivity contribution < 1.29 is 9.21 Å². The summed E-state index contributed by atoms with van der Waals surface area (Å²) in [4.78, 5) is 11.9. The minimum absolute atomic E-state index is 0.116. The fraction of sp³-hybridized carbons (Fsp3) is 0.250.